The molecule has 0 saturated heterocycles. The zero-order valence-electron chi connectivity index (χ0n) is 35.8. The summed E-state index contributed by atoms with van der Waals surface area (Å²) in [6.45, 7) is 0.119. The Balaban J connectivity index is 1.08. The first-order valence-corrected chi connectivity index (χ1v) is 32.4. The van der Waals surface area contributed by atoms with E-state index in [0.717, 1.165) is 11.3 Å². The Morgan fingerprint density at radius 1 is 0.309 bits per heavy atom. The van der Waals surface area contributed by atoms with Crippen molar-refractivity contribution < 1.29 is 0 Å². The van der Waals surface area contributed by atoms with Gasteiger partial charge < -0.3 is 0 Å². The number of nitrogens with zero attached hydrogens (tertiary/aromatic N) is 5. The molecule has 0 spiro atoms. The second-order valence-corrected chi connectivity index (χ2v) is 30.9. The van der Waals surface area contributed by atoms with Gasteiger partial charge in [0.2, 0.25) is 0 Å². The van der Waals surface area contributed by atoms with E-state index in [4.69, 9.17) is 4.98 Å². The summed E-state index contributed by atoms with van der Waals surface area (Å²) >= 11 is -2.59. The first-order chi connectivity index (χ1) is 33.8. The van der Waals surface area contributed by atoms with Gasteiger partial charge in [-0.3, -0.25) is 0 Å². The third kappa shape index (κ3) is 4.56. The maximum atomic E-state index is 6.38. The summed E-state index contributed by atoms with van der Waals surface area (Å²) in [6, 6.07) is 68.9. The number of rotatable bonds is 0. The number of fused-ring (bicyclic) bond motifs is 19. The molecular formula is C57H29B2N5Te4. The van der Waals surface area contributed by atoms with E-state index >= 15 is 0 Å². The van der Waals surface area contributed by atoms with Gasteiger partial charge in [0.15, 0.2) is 0 Å². The molecule has 11 heteroatoms. The van der Waals surface area contributed by atoms with E-state index < -0.39 is 83.7 Å². The second kappa shape index (κ2) is 13.4. The second-order valence-electron chi connectivity index (χ2n) is 18.5. The van der Waals surface area contributed by atoms with E-state index in [1.165, 1.54) is 130 Å². The van der Waals surface area contributed by atoms with Gasteiger partial charge in [0.25, 0.3) is 0 Å². The molecule has 5 nitrogen and oxygen atoms in total. The molecule has 1 aromatic heterocycles. The van der Waals surface area contributed by atoms with Crippen LogP contribution in [0.15, 0.2) is 176 Å². The van der Waals surface area contributed by atoms with Gasteiger partial charge in [0.1, 0.15) is 0 Å². The number of benzene rings is 9. The van der Waals surface area contributed by atoms with E-state index in [1.807, 2.05) is 0 Å². The van der Waals surface area contributed by atoms with Gasteiger partial charge >= 0.3 is 439 Å². The number of hydrogen-bond donors (Lipinski definition) is 0. The normalized spacial score (nSPS) is 15.5. The molecule has 0 fully saturated rings. The molecule has 9 heterocycles. The van der Waals surface area contributed by atoms with Crippen LogP contribution in [0.2, 0.25) is 0 Å². The minimum absolute atomic E-state index is 0.0483. The van der Waals surface area contributed by atoms with Crippen LogP contribution in [0.3, 0.4) is 0 Å². The minimum atomic E-state index is -0.663. The third-order valence-electron chi connectivity index (χ3n) is 15.3. The van der Waals surface area contributed by atoms with Crippen molar-refractivity contribution >= 4 is 238 Å². The van der Waals surface area contributed by atoms with Crippen molar-refractivity contribution in [2.45, 2.75) is 0 Å². The first kappa shape index (κ1) is 37.7. The van der Waals surface area contributed by atoms with Gasteiger partial charge in [-0.1, -0.05) is 0 Å². The van der Waals surface area contributed by atoms with E-state index in [2.05, 4.69) is 196 Å². The number of para-hydroxylation sites is 8. The third-order valence-corrected chi connectivity index (χ3v) is 28.0. The molecule has 10 aromatic rings. The number of hydrogen-bond acceptors (Lipinski definition) is 5. The van der Waals surface area contributed by atoms with E-state index in [9.17, 15) is 0 Å². The van der Waals surface area contributed by atoms with Crippen molar-refractivity contribution in [3.8, 4) is 0 Å². The zero-order chi connectivity index (χ0) is 43.7. The molecule has 312 valence electrons. The topological polar surface area (TPSA) is 25.9 Å². The quantitative estimate of drug-likeness (QED) is 0.218. The van der Waals surface area contributed by atoms with Crippen molar-refractivity contribution in [1.82, 2.24) is 4.98 Å². The summed E-state index contributed by atoms with van der Waals surface area (Å²) in [4.78, 5) is 17.2. The Labute approximate surface area is 433 Å². The molecule has 8 aliphatic heterocycles. The molecule has 0 atom stereocenters. The summed E-state index contributed by atoms with van der Waals surface area (Å²) < 4.78 is 12.0. The summed E-state index contributed by atoms with van der Waals surface area (Å²) in [6.07, 6.45) is 0. The van der Waals surface area contributed by atoms with Crippen molar-refractivity contribution in [2.24, 2.45) is 0 Å². The summed E-state index contributed by atoms with van der Waals surface area (Å²) in [5.41, 5.74) is 24.3. The van der Waals surface area contributed by atoms with Crippen LogP contribution in [0.4, 0.5) is 68.4 Å². The van der Waals surface area contributed by atoms with Crippen LogP contribution in [0.5, 0.6) is 0 Å². The van der Waals surface area contributed by atoms with Crippen molar-refractivity contribution in [3.63, 3.8) is 0 Å². The van der Waals surface area contributed by atoms with E-state index in [-0.39, 0.29) is 13.4 Å². The number of pyridine rings is 1. The van der Waals surface area contributed by atoms with Crippen LogP contribution in [-0.2, 0) is 0 Å². The molecule has 0 N–H and O–H groups in total. The average molecular weight is 1320 g/mol. The zero-order valence-corrected chi connectivity index (χ0v) is 45.1. The molecule has 0 amide bonds. The number of anilines is 12. The van der Waals surface area contributed by atoms with Gasteiger partial charge in [-0.25, -0.2) is 0 Å². The molecule has 0 saturated carbocycles. The molecule has 0 unspecified atom stereocenters. The fourth-order valence-corrected chi connectivity index (χ4v) is 25.4. The first-order valence-electron chi connectivity index (χ1n) is 23.1. The van der Waals surface area contributed by atoms with Crippen LogP contribution < -0.4 is 81.3 Å². The van der Waals surface area contributed by atoms with Gasteiger partial charge in [0.05, 0.1) is 0 Å². The Hall–Kier alpha value is -5.12. The summed E-state index contributed by atoms with van der Waals surface area (Å²) in [5.74, 6) is 1.09. The van der Waals surface area contributed by atoms with Crippen molar-refractivity contribution in [1.29, 1.82) is 0 Å². The van der Waals surface area contributed by atoms with Crippen LogP contribution in [0.1, 0.15) is 0 Å². The Kier molecular flexibility index (Phi) is 7.43. The Bertz CT molecular complexity index is 3800. The molecule has 18 rings (SSSR count). The van der Waals surface area contributed by atoms with Crippen LogP contribution in [0, 0.1) is 0 Å². The molecule has 0 bridgehead atoms. The monoisotopic (exact) mass is 1320 g/mol. The maximum absolute atomic E-state index is 6.38. The molecular weight excluding hydrogens is 1290 g/mol. The standard InChI is InChI=1S/C57H29B2N5Te4/c1-5-21-40-35(17-1)61-39-29-30-50(56-48(39)58(31-13-9-25-44(65-40)52(31)61)32-14-10-27-46-54(32)63(56)37-19-3-7-23-42(37)67-46)60-57-49-51(30)62-36-18-2-6-22-41(36)66-45-26-11-15-33(53(45)62)59(49)34-16-12-28-47-55(34)64(57)38-20-4-8-24-43(38)68-47/h1-29H. The van der Waals surface area contributed by atoms with Crippen LogP contribution in [-0.4, -0.2) is 102 Å². The Morgan fingerprint density at radius 3 is 1.16 bits per heavy atom. The molecule has 0 radical (unpaired) electrons. The average Bonchev–Trinajstić information content (AvgIpc) is 3.38. The predicted molar refractivity (Wildman–Crippen MR) is 290 cm³/mol. The molecule has 9 aromatic carbocycles. The van der Waals surface area contributed by atoms with Crippen molar-refractivity contribution in [3.05, 3.63) is 176 Å². The SMILES string of the molecule is c1ccc2c(c1)[Te]c1cccc3c1N2c1cc2c4c5c(nc2c2c1B3c1cccc3c1N2c1ccccc1[Te]3)N1c2ccccc2[Te]c2cccc(c21)B5c1cccc2c1N4c1ccccc1[Te]2. The summed E-state index contributed by atoms with van der Waals surface area (Å²) in [5, 5.41) is 1.23. The van der Waals surface area contributed by atoms with Gasteiger partial charge in [-0.15, -0.1) is 0 Å². The fourth-order valence-electron chi connectivity index (χ4n) is 12.9. The van der Waals surface area contributed by atoms with Gasteiger partial charge in [-0.2, -0.15) is 0 Å². The molecule has 68 heavy (non-hydrogen) atoms. The van der Waals surface area contributed by atoms with E-state index in [0.29, 0.717) is 0 Å². The van der Waals surface area contributed by atoms with Crippen LogP contribution >= 0.6 is 0 Å². The molecule has 0 aliphatic carbocycles. The van der Waals surface area contributed by atoms with Crippen LogP contribution in [0.25, 0.3) is 10.9 Å². The van der Waals surface area contributed by atoms with E-state index in [1.54, 1.807) is 0 Å². The Morgan fingerprint density at radius 2 is 0.676 bits per heavy atom. The fraction of sp³-hybridized carbons (Fsp3) is 0. The number of aromatic nitrogens is 1. The molecule has 8 aliphatic rings. The van der Waals surface area contributed by atoms with Gasteiger partial charge in [0, 0.05) is 0 Å². The van der Waals surface area contributed by atoms with Crippen molar-refractivity contribution in [2.75, 3.05) is 19.6 Å². The predicted octanol–water partition coefficient (Wildman–Crippen LogP) is 2.27. The summed E-state index contributed by atoms with van der Waals surface area (Å²) in [7, 11) is 0. The van der Waals surface area contributed by atoms with Gasteiger partial charge in [-0.05, 0) is 0 Å².